The number of nitriles is 1. The molecule has 24 heavy (non-hydrogen) atoms. The fourth-order valence-electron chi connectivity index (χ4n) is 2.68. The number of nitrogens with zero attached hydrogens (tertiary/aromatic N) is 3. The van der Waals surface area contributed by atoms with E-state index in [1.54, 1.807) is 0 Å². The Morgan fingerprint density at radius 2 is 2.04 bits per heavy atom. The molecule has 1 heterocycles. The van der Waals surface area contributed by atoms with Crippen molar-refractivity contribution in [2.24, 2.45) is 0 Å². The maximum Gasteiger partial charge on any atom is 0.256 e. The van der Waals surface area contributed by atoms with Crippen molar-refractivity contribution in [3.63, 3.8) is 0 Å². The standard InChI is InChI=1S/C16H20ClN3O3S/c1-2-8-19(11-7-18)16(21)14-12-13(5-6-15(14)17)24(22,23)20-9-3-4-10-20/h5-6,12H,2-4,8-11H2,1H3. The van der Waals surface area contributed by atoms with Gasteiger partial charge in [-0.05, 0) is 37.5 Å². The normalized spacial score (nSPS) is 15.2. The maximum atomic E-state index is 12.6. The SMILES string of the molecule is CCCN(CC#N)C(=O)c1cc(S(=O)(=O)N2CCCC2)ccc1Cl. The highest BCUT2D eigenvalue weighted by Gasteiger charge is 2.29. The fourth-order valence-corrected chi connectivity index (χ4v) is 4.43. The van der Waals surface area contributed by atoms with Gasteiger partial charge in [0.25, 0.3) is 5.91 Å². The first kappa shape index (κ1) is 18.7. The molecule has 1 amide bonds. The van der Waals surface area contributed by atoms with Gasteiger partial charge in [-0.25, -0.2) is 8.42 Å². The molecule has 0 unspecified atom stereocenters. The molecule has 0 aliphatic carbocycles. The van der Waals surface area contributed by atoms with Gasteiger partial charge in [-0.15, -0.1) is 0 Å². The molecule has 6 nitrogen and oxygen atoms in total. The second-order valence-electron chi connectivity index (χ2n) is 5.64. The lowest BCUT2D eigenvalue weighted by molar-refractivity contribution is 0.0776. The van der Waals surface area contributed by atoms with Gasteiger partial charge in [0, 0.05) is 19.6 Å². The number of sulfonamides is 1. The van der Waals surface area contributed by atoms with Crippen molar-refractivity contribution < 1.29 is 13.2 Å². The molecule has 1 aliphatic heterocycles. The van der Waals surface area contributed by atoms with E-state index < -0.39 is 15.9 Å². The van der Waals surface area contributed by atoms with E-state index in [0.717, 1.165) is 12.8 Å². The van der Waals surface area contributed by atoms with Crippen LogP contribution in [0.3, 0.4) is 0 Å². The topological polar surface area (TPSA) is 81.5 Å². The average Bonchev–Trinajstić information content (AvgIpc) is 3.09. The van der Waals surface area contributed by atoms with E-state index in [-0.39, 0.29) is 22.0 Å². The molecule has 1 saturated heterocycles. The van der Waals surface area contributed by atoms with Crippen LogP contribution in [0.2, 0.25) is 5.02 Å². The molecule has 0 bridgehead atoms. The summed E-state index contributed by atoms with van der Waals surface area (Å²) in [5.41, 5.74) is 0.112. The number of hydrogen-bond acceptors (Lipinski definition) is 4. The molecule has 8 heteroatoms. The summed E-state index contributed by atoms with van der Waals surface area (Å²) < 4.78 is 26.7. The second kappa shape index (κ2) is 7.97. The van der Waals surface area contributed by atoms with E-state index in [1.165, 1.54) is 27.4 Å². The van der Waals surface area contributed by atoms with Crippen molar-refractivity contribution in [1.29, 1.82) is 5.26 Å². The number of benzene rings is 1. The van der Waals surface area contributed by atoms with Crippen molar-refractivity contribution in [2.45, 2.75) is 31.1 Å². The van der Waals surface area contributed by atoms with Crippen molar-refractivity contribution in [3.8, 4) is 6.07 Å². The first-order chi connectivity index (χ1) is 11.4. The summed E-state index contributed by atoms with van der Waals surface area (Å²) in [7, 11) is -3.62. The predicted molar refractivity (Wildman–Crippen MR) is 91.3 cm³/mol. The van der Waals surface area contributed by atoms with E-state index in [9.17, 15) is 13.2 Å². The summed E-state index contributed by atoms with van der Waals surface area (Å²) in [5, 5.41) is 9.06. The molecule has 0 radical (unpaired) electrons. The smallest absolute Gasteiger partial charge is 0.256 e. The molecular formula is C16H20ClN3O3S. The first-order valence-electron chi connectivity index (χ1n) is 7.87. The van der Waals surface area contributed by atoms with Gasteiger partial charge in [0.15, 0.2) is 0 Å². The third-order valence-electron chi connectivity index (χ3n) is 3.91. The Balaban J connectivity index is 2.38. The fraction of sp³-hybridized carbons (Fsp3) is 0.500. The number of rotatable bonds is 6. The Kier molecular flexibility index (Phi) is 6.21. The largest absolute Gasteiger partial charge is 0.325 e. The molecule has 1 aliphatic rings. The number of carbonyl (C=O) groups excluding carboxylic acids is 1. The maximum absolute atomic E-state index is 12.6. The summed E-state index contributed by atoms with van der Waals surface area (Å²) in [6, 6.07) is 6.11. The highest BCUT2D eigenvalue weighted by Crippen LogP contribution is 2.26. The van der Waals surface area contributed by atoms with Gasteiger partial charge < -0.3 is 4.90 Å². The van der Waals surface area contributed by atoms with Gasteiger partial charge in [-0.3, -0.25) is 4.79 Å². The highest BCUT2D eigenvalue weighted by molar-refractivity contribution is 7.89. The van der Waals surface area contributed by atoms with E-state index in [2.05, 4.69) is 0 Å². The number of halogens is 1. The van der Waals surface area contributed by atoms with E-state index >= 15 is 0 Å². The quantitative estimate of drug-likeness (QED) is 0.721. The zero-order valence-electron chi connectivity index (χ0n) is 13.5. The zero-order chi connectivity index (χ0) is 17.7. The minimum Gasteiger partial charge on any atom is -0.325 e. The lowest BCUT2D eigenvalue weighted by Crippen LogP contribution is -2.33. The lowest BCUT2D eigenvalue weighted by atomic mass is 10.2. The molecule has 0 atom stereocenters. The van der Waals surface area contributed by atoms with Crippen LogP contribution in [0.25, 0.3) is 0 Å². The Morgan fingerprint density at radius 1 is 1.38 bits per heavy atom. The molecule has 0 spiro atoms. The van der Waals surface area contributed by atoms with Crippen molar-refractivity contribution >= 4 is 27.5 Å². The van der Waals surface area contributed by atoms with Crippen LogP contribution in [0, 0.1) is 11.3 Å². The van der Waals surface area contributed by atoms with Gasteiger partial charge in [-0.2, -0.15) is 9.57 Å². The van der Waals surface area contributed by atoms with Gasteiger partial charge in [0.1, 0.15) is 6.54 Å². The zero-order valence-corrected chi connectivity index (χ0v) is 15.1. The van der Waals surface area contributed by atoms with Crippen molar-refractivity contribution in [2.75, 3.05) is 26.2 Å². The van der Waals surface area contributed by atoms with Crippen LogP contribution in [-0.2, 0) is 10.0 Å². The van der Waals surface area contributed by atoms with Gasteiger partial charge in [0.05, 0.1) is 21.6 Å². The van der Waals surface area contributed by atoms with Gasteiger partial charge in [-0.1, -0.05) is 18.5 Å². The molecule has 1 aromatic carbocycles. The molecule has 0 N–H and O–H groups in total. The monoisotopic (exact) mass is 369 g/mol. The second-order valence-corrected chi connectivity index (χ2v) is 7.98. The number of carbonyl (C=O) groups is 1. The third-order valence-corrected chi connectivity index (χ3v) is 6.14. The first-order valence-corrected chi connectivity index (χ1v) is 9.69. The Hall–Kier alpha value is -1.62. The van der Waals surface area contributed by atoms with Crippen molar-refractivity contribution in [3.05, 3.63) is 28.8 Å². The van der Waals surface area contributed by atoms with Crippen LogP contribution in [0.15, 0.2) is 23.1 Å². The molecule has 0 aromatic heterocycles. The lowest BCUT2D eigenvalue weighted by Gasteiger charge is -2.20. The molecule has 2 rings (SSSR count). The molecule has 1 aromatic rings. The summed E-state index contributed by atoms with van der Waals surface area (Å²) in [6.45, 7) is 3.22. The Labute approximate surface area is 147 Å². The predicted octanol–water partition coefficient (Wildman–Crippen LogP) is 2.50. The summed E-state index contributed by atoms with van der Waals surface area (Å²) in [5.74, 6) is -0.429. The minimum absolute atomic E-state index is 0.0607. The van der Waals surface area contributed by atoms with E-state index in [4.69, 9.17) is 16.9 Å². The molecule has 0 saturated carbocycles. The minimum atomic E-state index is -3.62. The van der Waals surface area contributed by atoms with Crippen LogP contribution in [0.1, 0.15) is 36.5 Å². The highest BCUT2D eigenvalue weighted by atomic mass is 35.5. The van der Waals surface area contributed by atoms with E-state index in [0.29, 0.717) is 26.1 Å². The summed E-state index contributed by atoms with van der Waals surface area (Å²) in [4.78, 5) is 14.1. The Morgan fingerprint density at radius 3 is 2.62 bits per heavy atom. The van der Waals surface area contributed by atoms with Crippen LogP contribution in [0.4, 0.5) is 0 Å². The van der Waals surface area contributed by atoms with Gasteiger partial charge >= 0.3 is 0 Å². The van der Waals surface area contributed by atoms with Crippen LogP contribution >= 0.6 is 11.6 Å². The summed E-state index contributed by atoms with van der Waals surface area (Å²) >= 11 is 6.11. The molecular weight excluding hydrogens is 350 g/mol. The van der Waals surface area contributed by atoms with Gasteiger partial charge in [0.2, 0.25) is 10.0 Å². The van der Waals surface area contributed by atoms with Crippen LogP contribution < -0.4 is 0 Å². The van der Waals surface area contributed by atoms with Crippen LogP contribution in [-0.4, -0.2) is 49.7 Å². The number of hydrogen-bond donors (Lipinski definition) is 0. The molecule has 130 valence electrons. The average molecular weight is 370 g/mol. The van der Waals surface area contributed by atoms with Crippen LogP contribution in [0.5, 0.6) is 0 Å². The Bertz CT molecular complexity index is 752. The van der Waals surface area contributed by atoms with E-state index in [1.807, 2.05) is 13.0 Å². The summed E-state index contributed by atoms with van der Waals surface area (Å²) in [6.07, 6.45) is 2.37. The number of amides is 1. The third kappa shape index (κ3) is 3.89. The van der Waals surface area contributed by atoms with Crippen molar-refractivity contribution in [1.82, 2.24) is 9.21 Å². The molecule has 1 fully saturated rings.